The molecule has 12 aromatic rings. The van der Waals surface area contributed by atoms with Crippen LogP contribution in [0.25, 0.3) is 0 Å². The summed E-state index contributed by atoms with van der Waals surface area (Å²) in [5.41, 5.74) is 8.60. The van der Waals surface area contributed by atoms with Gasteiger partial charge in [-0.1, -0.05) is 259 Å². The van der Waals surface area contributed by atoms with Crippen molar-refractivity contribution in [1.29, 1.82) is 0 Å². The molecule has 4 nitrogen and oxygen atoms in total. The Morgan fingerprint density at radius 3 is 0.577 bits per heavy atom. The molecule has 78 heavy (non-hydrogen) atoms. The zero-order valence-corrected chi connectivity index (χ0v) is 45.2. The molecule has 0 aliphatic carbocycles. The zero-order valence-electron chi connectivity index (χ0n) is 43.0. The second kappa shape index (κ2) is 27.4. The first-order valence-corrected chi connectivity index (χ1v) is 25.6. The van der Waals surface area contributed by atoms with Crippen LogP contribution in [0.1, 0.15) is 66.8 Å². The fraction of sp³-hybridized carbons (Fsp3) is 0.0556. The Labute approximate surface area is 480 Å². The Hall–Kier alpha value is -7.96. The van der Waals surface area contributed by atoms with E-state index in [1.54, 1.807) is 0 Å². The van der Waals surface area contributed by atoms with Crippen LogP contribution in [0.15, 0.2) is 340 Å². The van der Waals surface area contributed by atoms with Crippen molar-refractivity contribution in [3.63, 3.8) is 0 Å². The molecule has 0 radical (unpaired) electrons. The van der Waals surface area contributed by atoms with Crippen molar-refractivity contribution < 1.29 is 54.6 Å². The zero-order chi connectivity index (χ0) is 52.5. The summed E-state index contributed by atoms with van der Waals surface area (Å²) in [4.78, 5) is 0. The minimum absolute atomic E-state index is 0. The smallest absolute Gasteiger partial charge is 0.219 e. The van der Waals surface area contributed by atoms with E-state index in [2.05, 4.69) is 0 Å². The molecule has 0 heterocycles. The van der Waals surface area contributed by atoms with Crippen molar-refractivity contribution in [1.82, 2.24) is 0 Å². The third kappa shape index (κ3) is 12.6. The van der Waals surface area contributed by atoms with Gasteiger partial charge in [0, 0.05) is 78.6 Å². The monoisotopic (exact) mass is 1100 g/mol. The summed E-state index contributed by atoms with van der Waals surface area (Å²) in [6.07, 6.45) is 0. The SMILES string of the molecule is [Fe].[Fe].[OH2+]C(c1ccccc1)(c1ccccc1)c1cc[cH-]c1.[OH2+]C(c1ccccc1)(c1ccccc1)c1ccc[cH-]1.[OH2+]C(c1ccccc1)(c1ccccc1)c1ccc[cH-]1.[OH2+]C(c1ccccc1)(c1ccccc1)c1ccc[cH-]1. The quantitative estimate of drug-likeness (QED) is 0.0662. The topological polar surface area (TPSA) is 91.6 Å². The molecule has 0 fully saturated rings. The normalized spacial score (nSPS) is 11.1. The number of benzene rings is 8. The Kier molecular flexibility index (Phi) is 20.3. The molecular formula is C72H64Fe2O4. The van der Waals surface area contributed by atoms with Gasteiger partial charge >= 0.3 is 0 Å². The van der Waals surface area contributed by atoms with Gasteiger partial charge in [-0.3, -0.25) is 0 Å². The van der Waals surface area contributed by atoms with Crippen molar-refractivity contribution >= 4 is 0 Å². The van der Waals surface area contributed by atoms with E-state index in [0.717, 1.165) is 66.8 Å². The van der Waals surface area contributed by atoms with E-state index in [1.165, 1.54) is 0 Å². The molecule has 0 atom stereocenters. The van der Waals surface area contributed by atoms with Crippen molar-refractivity contribution in [3.05, 3.63) is 406 Å². The maximum Gasteiger partial charge on any atom is 0.219 e. The van der Waals surface area contributed by atoms with Crippen LogP contribution in [0.2, 0.25) is 0 Å². The third-order valence-electron chi connectivity index (χ3n) is 14.0. The molecule has 0 aliphatic rings. The van der Waals surface area contributed by atoms with Crippen LogP contribution >= 0.6 is 0 Å². The summed E-state index contributed by atoms with van der Waals surface area (Å²) in [7, 11) is 0. The summed E-state index contributed by atoms with van der Waals surface area (Å²) in [5.74, 6) is 0. The Bertz CT molecular complexity index is 2830. The summed E-state index contributed by atoms with van der Waals surface area (Å²) in [6.45, 7) is 0. The van der Waals surface area contributed by atoms with Gasteiger partial charge in [-0.25, -0.2) is 42.5 Å². The molecular weight excluding hydrogens is 1040 g/mol. The van der Waals surface area contributed by atoms with Gasteiger partial charge in [0.25, 0.3) is 0 Å². The molecule has 0 amide bonds. The van der Waals surface area contributed by atoms with Crippen molar-refractivity contribution in [2.75, 3.05) is 0 Å². The molecule has 392 valence electrons. The third-order valence-corrected chi connectivity index (χ3v) is 14.0. The van der Waals surface area contributed by atoms with Crippen LogP contribution in [0.3, 0.4) is 0 Å². The van der Waals surface area contributed by atoms with Gasteiger partial charge < -0.3 is 20.4 Å². The van der Waals surface area contributed by atoms with Gasteiger partial charge in [-0.2, -0.15) is 54.6 Å². The molecule has 12 aromatic carbocycles. The Balaban J connectivity index is 0.000000149. The van der Waals surface area contributed by atoms with Gasteiger partial charge in [0.05, 0.1) is 0 Å². The Morgan fingerprint density at radius 1 is 0.205 bits per heavy atom. The average molecular weight is 1100 g/mol. The van der Waals surface area contributed by atoms with Crippen LogP contribution < -0.4 is 0 Å². The van der Waals surface area contributed by atoms with Crippen LogP contribution in [0.5, 0.6) is 0 Å². The second-order valence-corrected chi connectivity index (χ2v) is 18.6. The maximum absolute atomic E-state index is 9.06. The van der Waals surface area contributed by atoms with E-state index < -0.39 is 22.4 Å². The van der Waals surface area contributed by atoms with E-state index in [1.807, 2.05) is 340 Å². The van der Waals surface area contributed by atoms with Crippen molar-refractivity contribution in [2.24, 2.45) is 0 Å². The molecule has 0 aliphatic heterocycles. The predicted octanol–water partition coefficient (Wildman–Crippen LogP) is 13.7. The van der Waals surface area contributed by atoms with E-state index >= 15 is 0 Å². The standard InChI is InChI=1S/4C18H15O.2Fe/c4*19-18(17-13-7-8-14-17,15-9-3-1-4-10-15)16-11-5-2-6-12-16;;/h4*1-14,19H;;/q4*-1;;/p+4. The van der Waals surface area contributed by atoms with Crippen LogP contribution in [-0.4, -0.2) is 20.4 Å². The molecule has 0 saturated heterocycles. The van der Waals surface area contributed by atoms with E-state index in [4.69, 9.17) is 20.4 Å². The molecule has 0 bridgehead atoms. The summed E-state index contributed by atoms with van der Waals surface area (Å²) in [5, 5.41) is 36.2. The largest absolute Gasteiger partial charge is 0.440 e. The minimum atomic E-state index is -0.841. The molecule has 0 saturated carbocycles. The van der Waals surface area contributed by atoms with E-state index in [0.29, 0.717) is 0 Å². The molecule has 0 aromatic heterocycles. The summed E-state index contributed by atoms with van der Waals surface area (Å²) < 4.78 is 0. The van der Waals surface area contributed by atoms with Crippen LogP contribution in [-0.2, 0) is 56.5 Å². The maximum atomic E-state index is 9.06. The van der Waals surface area contributed by atoms with Gasteiger partial charge in [-0.05, 0) is 0 Å². The average Bonchev–Trinajstić information content (AvgIpc) is 4.48. The first-order valence-electron chi connectivity index (χ1n) is 25.6. The van der Waals surface area contributed by atoms with Crippen LogP contribution in [0.4, 0.5) is 0 Å². The van der Waals surface area contributed by atoms with Crippen molar-refractivity contribution in [3.8, 4) is 0 Å². The Morgan fingerprint density at radius 2 is 0.410 bits per heavy atom. The van der Waals surface area contributed by atoms with E-state index in [9.17, 15) is 0 Å². The first-order chi connectivity index (χ1) is 37.3. The van der Waals surface area contributed by atoms with Gasteiger partial charge in [-0.15, -0.1) is 5.56 Å². The van der Waals surface area contributed by atoms with E-state index in [-0.39, 0.29) is 34.1 Å². The van der Waals surface area contributed by atoms with Crippen molar-refractivity contribution in [2.45, 2.75) is 22.4 Å². The second-order valence-electron chi connectivity index (χ2n) is 18.6. The predicted molar refractivity (Wildman–Crippen MR) is 314 cm³/mol. The minimum Gasteiger partial charge on any atom is -0.440 e. The fourth-order valence-electron chi connectivity index (χ4n) is 10.0. The molecule has 8 N–H and O–H groups in total. The van der Waals surface area contributed by atoms with Crippen LogP contribution in [0, 0.1) is 0 Å². The van der Waals surface area contributed by atoms with Gasteiger partial charge in [0.15, 0.2) is 5.60 Å². The number of hydrogen-bond acceptors (Lipinski definition) is 0. The molecule has 0 unspecified atom stereocenters. The number of hydrogen-bond donors (Lipinski definition) is 0. The first kappa shape index (κ1) is 57.7. The molecule has 12 rings (SSSR count). The fourth-order valence-corrected chi connectivity index (χ4v) is 10.0. The molecule has 6 heteroatoms. The van der Waals surface area contributed by atoms with Gasteiger partial charge in [0.2, 0.25) is 16.8 Å². The molecule has 0 spiro atoms. The summed E-state index contributed by atoms with van der Waals surface area (Å²) >= 11 is 0. The summed E-state index contributed by atoms with van der Waals surface area (Å²) in [6, 6.07) is 112. The number of rotatable bonds is 12. The van der Waals surface area contributed by atoms with Gasteiger partial charge in [0.1, 0.15) is 0 Å².